The van der Waals surface area contributed by atoms with Crippen LogP contribution >= 0.6 is 0 Å². The first-order valence-corrected chi connectivity index (χ1v) is 12.3. The van der Waals surface area contributed by atoms with Crippen molar-refractivity contribution in [2.45, 2.75) is 46.1 Å². The van der Waals surface area contributed by atoms with Gasteiger partial charge < -0.3 is 10.1 Å². The maximum Gasteiger partial charge on any atom is 0.387 e. The Balaban J connectivity index is 1.71. The summed E-state index contributed by atoms with van der Waals surface area (Å²) in [5.74, 6) is -4.54. The van der Waals surface area contributed by atoms with Gasteiger partial charge in [0.25, 0.3) is 11.8 Å². The van der Waals surface area contributed by atoms with Crippen molar-refractivity contribution in [3.8, 4) is 16.9 Å². The molecule has 0 aliphatic carbocycles. The lowest BCUT2D eigenvalue weighted by Crippen LogP contribution is -2.48. The number of benzene rings is 3. The predicted molar refractivity (Wildman–Crippen MR) is 141 cm³/mol. The number of anilines is 2. The van der Waals surface area contributed by atoms with Crippen molar-refractivity contribution in [3.63, 3.8) is 0 Å². The Hall–Kier alpha value is -4.21. The highest BCUT2D eigenvalue weighted by Gasteiger charge is 2.55. The number of carbonyl (C=O) groups excluding carboxylic acids is 2. The molecule has 1 unspecified atom stereocenters. The van der Waals surface area contributed by atoms with Crippen LogP contribution in [-0.4, -0.2) is 24.1 Å². The molecule has 0 saturated heterocycles. The van der Waals surface area contributed by atoms with Gasteiger partial charge in [-0.1, -0.05) is 55.8 Å². The molecule has 6 nitrogen and oxygen atoms in total. The van der Waals surface area contributed by atoms with E-state index in [0.717, 1.165) is 18.0 Å². The third-order valence-corrected chi connectivity index (χ3v) is 6.57. The molecule has 0 aromatic heterocycles. The number of hydrogen-bond donors (Lipinski definition) is 1. The lowest BCUT2D eigenvalue weighted by Gasteiger charge is -2.27. The molecule has 3 aromatic carbocycles. The predicted octanol–water partition coefficient (Wildman–Crippen LogP) is 7.21. The molecule has 0 radical (unpaired) electrons. The summed E-state index contributed by atoms with van der Waals surface area (Å²) in [7, 11) is 0. The van der Waals surface area contributed by atoms with E-state index in [0.29, 0.717) is 17.5 Å². The third kappa shape index (κ3) is 5.50. The molecule has 1 atom stereocenters. The number of ether oxygens (including phenoxy) is 1. The van der Waals surface area contributed by atoms with Crippen molar-refractivity contribution in [1.29, 1.82) is 0 Å². The first-order valence-electron chi connectivity index (χ1n) is 12.3. The molecule has 204 valence electrons. The number of rotatable bonds is 9. The van der Waals surface area contributed by atoms with E-state index in [1.54, 1.807) is 44.2 Å². The average Bonchev–Trinajstić information content (AvgIpc) is 3.15. The van der Waals surface area contributed by atoms with Gasteiger partial charge >= 0.3 is 6.61 Å². The van der Waals surface area contributed by atoms with Gasteiger partial charge in [-0.2, -0.15) is 18.9 Å². The topological polar surface area (TPSA) is 71.0 Å². The van der Waals surface area contributed by atoms with Crippen LogP contribution in [0.5, 0.6) is 5.75 Å². The second-order valence-electron chi connectivity index (χ2n) is 9.31. The Morgan fingerprint density at radius 3 is 2.44 bits per heavy atom. The van der Waals surface area contributed by atoms with Crippen LogP contribution in [0.15, 0.2) is 77.9 Å². The Morgan fingerprint density at radius 2 is 1.79 bits per heavy atom. The van der Waals surface area contributed by atoms with E-state index in [1.807, 2.05) is 0 Å². The summed E-state index contributed by atoms with van der Waals surface area (Å²) in [6.45, 7) is 1.05. The van der Waals surface area contributed by atoms with Gasteiger partial charge in [0.05, 0.1) is 11.4 Å². The van der Waals surface area contributed by atoms with Crippen molar-refractivity contribution in [2.75, 3.05) is 10.3 Å². The summed E-state index contributed by atoms with van der Waals surface area (Å²) >= 11 is 0. The van der Waals surface area contributed by atoms with Crippen LogP contribution in [-0.2, 0) is 15.5 Å². The van der Waals surface area contributed by atoms with E-state index in [9.17, 15) is 27.2 Å². The number of hydrogen-bond acceptors (Lipinski definition) is 4. The van der Waals surface area contributed by atoms with E-state index in [1.165, 1.54) is 36.4 Å². The highest BCUT2D eigenvalue weighted by Crippen LogP contribution is 2.41. The molecule has 1 N–H and O–H groups in total. The molecule has 1 aliphatic rings. The fraction of sp³-hybridized carbons (Fsp3) is 0.276. The smallest absolute Gasteiger partial charge is 0.387 e. The maximum atomic E-state index is 13.9. The van der Waals surface area contributed by atoms with E-state index < -0.39 is 29.8 Å². The molecule has 39 heavy (non-hydrogen) atoms. The monoisotopic (exact) mass is 541 g/mol. The second-order valence-corrected chi connectivity index (χ2v) is 9.31. The summed E-state index contributed by atoms with van der Waals surface area (Å²) in [6.07, 6.45) is 0.564. The van der Waals surface area contributed by atoms with Crippen molar-refractivity contribution in [3.05, 3.63) is 78.4 Å². The lowest BCUT2D eigenvalue weighted by atomic mass is 9.78. The largest absolute Gasteiger partial charge is 0.434 e. The molecule has 10 heteroatoms. The van der Waals surface area contributed by atoms with Crippen molar-refractivity contribution in [2.24, 2.45) is 10.5 Å². The Morgan fingerprint density at radius 1 is 1.08 bits per heavy atom. The number of halogens is 4. The van der Waals surface area contributed by atoms with Gasteiger partial charge in [-0.3, -0.25) is 9.59 Å². The van der Waals surface area contributed by atoms with Gasteiger partial charge in [-0.15, -0.1) is 0 Å². The Bertz CT molecular complexity index is 1410. The summed E-state index contributed by atoms with van der Waals surface area (Å²) in [4.78, 5) is 27.5. The minimum absolute atomic E-state index is 0.0857. The Kier molecular flexibility index (Phi) is 7.76. The number of alkyl halides is 4. The molecule has 0 fully saturated rings. The zero-order chi connectivity index (χ0) is 28.4. The van der Waals surface area contributed by atoms with Crippen LogP contribution in [0.3, 0.4) is 0 Å². The van der Waals surface area contributed by atoms with E-state index in [4.69, 9.17) is 4.74 Å². The molecule has 0 bridgehead atoms. The van der Waals surface area contributed by atoms with Crippen LogP contribution < -0.4 is 15.1 Å². The van der Waals surface area contributed by atoms with Crippen molar-refractivity contribution < 1.29 is 31.9 Å². The molecule has 0 saturated carbocycles. The van der Waals surface area contributed by atoms with Gasteiger partial charge in [0.1, 0.15) is 5.75 Å². The molecular formula is C29H27F4N3O3. The minimum Gasteiger partial charge on any atom is -0.434 e. The average molecular weight is 542 g/mol. The third-order valence-electron chi connectivity index (χ3n) is 6.57. The number of nitrogens with zero attached hydrogens (tertiary/aromatic N) is 2. The van der Waals surface area contributed by atoms with Gasteiger partial charge in [0.2, 0.25) is 5.91 Å². The van der Waals surface area contributed by atoms with Crippen LogP contribution in [0, 0.1) is 5.41 Å². The van der Waals surface area contributed by atoms with Crippen LogP contribution in [0.1, 0.15) is 39.2 Å². The molecule has 1 aliphatic heterocycles. The Labute approximate surface area is 223 Å². The van der Waals surface area contributed by atoms with E-state index in [2.05, 4.69) is 10.4 Å². The maximum absolute atomic E-state index is 13.9. The molecule has 3 aromatic rings. The number of amides is 2. The fourth-order valence-electron chi connectivity index (χ4n) is 4.63. The van der Waals surface area contributed by atoms with Gasteiger partial charge in [-0.05, 0) is 49.2 Å². The lowest BCUT2D eigenvalue weighted by molar-refractivity contribution is -0.133. The molecule has 4 rings (SSSR count). The van der Waals surface area contributed by atoms with Crippen molar-refractivity contribution >= 4 is 28.9 Å². The summed E-state index contributed by atoms with van der Waals surface area (Å²) in [5, 5.41) is 8.08. The van der Waals surface area contributed by atoms with E-state index >= 15 is 0 Å². The number of carbonyl (C=O) groups is 2. The normalized spacial score (nSPS) is 17.4. The quantitative estimate of drug-likeness (QED) is 0.230. The minimum atomic E-state index is -3.12. The van der Waals surface area contributed by atoms with Crippen LogP contribution in [0.2, 0.25) is 0 Å². The van der Waals surface area contributed by atoms with Gasteiger partial charge in [0, 0.05) is 23.7 Å². The zero-order valence-electron chi connectivity index (χ0n) is 21.6. The number of hydrazone groups is 1. The SMILES string of the molecule is CCCC1(C(=O)Nc2cccc(C(C)(F)F)c2)C(=O)N(c2ccc(OC(F)F)c(-c3ccccc3)c2)N=C1C. The van der Waals surface area contributed by atoms with Gasteiger partial charge in [0.15, 0.2) is 5.41 Å². The summed E-state index contributed by atoms with van der Waals surface area (Å²) < 4.78 is 58.5. The van der Waals surface area contributed by atoms with Crippen LogP contribution in [0.4, 0.5) is 28.9 Å². The van der Waals surface area contributed by atoms with Crippen molar-refractivity contribution in [1.82, 2.24) is 0 Å². The highest BCUT2D eigenvalue weighted by atomic mass is 19.3. The summed E-state index contributed by atoms with van der Waals surface area (Å²) in [5.41, 5.74) is -0.500. The molecule has 0 spiro atoms. The zero-order valence-corrected chi connectivity index (χ0v) is 21.6. The molecular weight excluding hydrogens is 514 g/mol. The van der Waals surface area contributed by atoms with Gasteiger partial charge in [-0.25, -0.2) is 8.78 Å². The fourth-order valence-corrected chi connectivity index (χ4v) is 4.63. The van der Waals surface area contributed by atoms with E-state index in [-0.39, 0.29) is 34.8 Å². The standard InChI is InChI=1S/C29H27F4N3O3/c1-4-15-29(25(37)34-21-12-8-11-20(16-21)28(3,32)33)18(2)35-36(26(29)38)22-13-14-24(39-27(30)31)23(17-22)19-9-6-5-7-10-19/h5-14,16-17,27H,4,15H2,1-3H3,(H,34,37). The molecule has 2 amide bonds. The summed E-state index contributed by atoms with van der Waals surface area (Å²) in [6, 6.07) is 18.1. The second kappa shape index (κ2) is 10.9. The number of nitrogens with one attached hydrogen (secondary N) is 1. The van der Waals surface area contributed by atoms with Crippen LogP contribution in [0.25, 0.3) is 11.1 Å². The first kappa shape index (κ1) is 27.8. The first-order chi connectivity index (χ1) is 18.5. The highest BCUT2D eigenvalue weighted by molar-refractivity contribution is 6.33. The molecule has 1 heterocycles.